The highest BCUT2D eigenvalue weighted by Gasteiger charge is 2.31. The fraction of sp³-hybridized carbons (Fsp3) is 0.654. The van der Waals surface area contributed by atoms with Gasteiger partial charge >= 0.3 is 6.09 Å². The molecule has 0 spiro atoms. The predicted octanol–water partition coefficient (Wildman–Crippen LogP) is 3.57. The van der Waals surface area contributed by atoms with Gasteiger partial charge in [0.25, 0.3) is 0 Å². The van der Waals surface area contributed by atoms with E-state index < -0.39 is 5.60 Å². The third kappa shape index (κ3) is 8.01. The first-order valence-corrected chi connectivity index (χ1v) is 12.4. The summed E-state index contributed by atoms with van der Waals surface area (Å²) < 4.78 is 5.47. The van der Waals surface area contributed by atoms with Crippen LogP contribution in [0.4, 0.5) is 10.5 Å². The Hall–Kier alpha value is -2.61. The maximum atomic E-state index is 12.9. The zero-order valence-corrected chi connectivity index (χ0v) is 21.4. The molecular weight excluding hydrogens is 432 g/mol. The average Bonchev–Trinajstić information content (AvgIpc) is 3.59. The van der Waals surface area contributed by atoms with Gasteiger partial charge in [0.1, 0.15) is 5.60 Å². The molecule has 1 aromatic rings. The second kappa shape index (κ2) is 11.2. The lowest BCUT2D eigenvalue weighted by Gasteiger charge is -2.27. The number of hydrogen-bond donors (Lipinski definition) is 1. The van der Waals surface area contributed by atoms with Gasteiger partial charge in [0, 0.05) is 50.9 Å². The Morgan fingerprint density at radius 3 is 2.41 bits per heavy atom. The number of aryl methyl sites for hydroxylation is 2. The molecule has 0 atom stereocenters. The normalized spacial score (nSPS) is 16.9. The van der Waals surface area contributed by atoms with Crippen molar-refractivity contribution in [3.8, 4) is 0 Å². The smallest absolute Gasteiger partial charge is 0.410 e. The zero-order valence-electron chi connectivity index (χ0n) is 21.4. The van der Waals surface area contributed by atoms with E-state index in [9.17, 15) is 14.4 Å². The van der Waals surface area contributed by atoms with Crippen molar-refractivity contribution in [2.75, 3.05) is 44.6 Å². The average molecular weight is 473 g/mol. The number of nitrogens with zero attached hydrogens (tertiary/aromatic N) is 3. The van der Waals surface area contributed by atoms with Gasteiger partial charge in [-0.05, 0) is 71.1 Å². The second-order valence-corrected chi connectivity index (χ2v) is 10.5. The summed E-state index contributed by atoms with van der Waals surface area (Å²) in [5.74, 6) is 0.0300. The summed E-state index contributed by atoms with van der Waals surface area (Å²) >= 11 is 0. The Bertz CT molecular complexity index is 891. The van der Waals surface area contributed by atoms with Crippen molar-refractivity contribution >= 4 is 23.6 Å². The molecule has 0 bridgehead atoms. The van der Waals surface area contributed by atoms with Crippen molar-refractivity contribution < 1.29 is 19.1 Å². The van der Waals surface area contributed by atoms with E-state index >= 15 is 0 Å². The number of ether oxygens (including phenoxy) is 1. The summed E-state index contributed by atoms with van der Waals surface area (Å²) in [4.78, 5) is 43.7. The highest BCUT2D eigenvalue weighted by molar-refractivity contribution is 5.93. The molecule has 2 aliphatic rings. The minimum absolute atomic E-state index is 0.0455. The third-order valence-corrected chi connectivity index (χ3v) is 6.19. The van der Waals surface area contributed by atoms with Crippen LogP contribution in [0.3, 0.4) is 0 Å². The quantitative estimate of drug-likeness (QED) is 0.656. The Morgan fingerprint density at radius 1 is 1.06 bits per heavy atom. The van der Waals surface area contributed by atoms with Crippen LogP contribution in [-0.2, 0) is 14.3 Å². The first kappa shape index (κ1) is 26.0. The van der Waals surface area contributed by atoms with Gasteiger partial charge in [-0.1, -0.05) is 12.1 Å². The van der Waals surface area contributed by atoms with Crippen LogP contribution >= 0.6 is 0 Å². The number of benzene rings is 1. The molecule has 8 heteroatoms. The molecule has 3 amide bonds. The molecule has 2 fully saturated rings. The number of carbonyl (C=O) groups excluding carboxylic acids is 3. The molecule has 0 aromatic heterocycles. The van der Waals surface area contributed by atoms with E-state index in [4.69, 9.17) is 4.74 Å². The third-order valence-electron chi connectivity index (χ3n) is 6.19. The SMILES string of the molecule is Cc1ccc(C)c(NC(=O)CN(CCC(=O)N2CCCN(C(=O)OC(C)(C)C)CC2)C2CC2)c1. The van der Waals surface area contributed by atoms with Gasteiger partial charge in [-0.25, -0.2) is 4.79 Å². The second-order valence-electron chi connectivity index (χ2n) is 10.5. The molecular formula is C26H40N4O4. The van der Waals surface area contributed by atoms with Crippen LogP contribution in [0.15, 0.2) is 18.2 Å². The number of amides is 3. The van der Waals surface area contributed by atoms with Crippen LogP contribution < -0.4 is 5.32 Å². The largest absolute Gasteiger partial charge is 0.444 e. The summed E-state index contributed by atoms with van der Waals surface area (Å²) in [6, 6.07) is 6.40. The molecule has 34 heavy (non-hydrogen) atoms. The number of carbonyl (C=O) groups is 3. The van der Waals surface area contributed by atoms with Gasteiger partial charge < -0.3 is 19.9 Å². The van der Waals surface area contributed by atoms with Gasteiger partial charge in [0.15, 0.2) is 0 Å². The molecule has 0 unspecified atom stereocenters. The molecule has 1 N–H and O–H groups in total. The van der Waals surface area contributed by atoms with Crippen LogP contribution in [0.5, 0.6) is 0 Å². The Labute approximate surface area is 203 Å². The molecule has 1 saturated carbocycles. The topological polar surface area (TPSA) is 82.2 Å². The number of hydrogen-bond acceptors (Lipinski definition) is 5. The zero-order chi connectivity index (χ0) is 24.9. The van der Waals surface area contributed by atoms with E-state index in [1.54, 1.807) is 4.90 Å². The highest BCUT2D eigenvalue weighted by atomic mass is 16.6. The minimum Gasteiger partial charge on any atom is -0.444 e. The van der Waals surface area contributed by atoms with Gasteiger partial charge in [0.2, 0.25) is 11.8 Å². The van der Waals surface area contributed by atoms with Crippen LogP contribution in [0.25, 0.3) is 0 Å². The standard InChI is InChI=1S/C26H40N4O4/c1-19-7-8-20(2)22(17-19)27-23(31)18-30(21-9-10-21)14-11-24(32)28-12-6-13-29(16-15-28)25(33)34-26(3,4)5/h7-8,17,21H,6,9-16,18H2,1-5H3,(H,27,31). The van der Waals surface area contributed by atoms with Crippen molar-refractivity contribution in [2.24, 2.45) is 0 Å². The molecule has 1 saturated heterocycles. The van der Waals surface area contributed by atoms with Crippen LogP contribution in [0.2, 0.25) is 0 Å². The fourth-order valence-corrected chi connectivity index (χ4v) is 4.15. The Morgan fingerprint density at radius 2 is 1.74 bits per heavy atom. The van der Waals surface area contributed by atoms with E-state index in [0.717, 1.165) is 36.1 Å². The van der Waals surface area contributed by atoms with Crippen LogP contribution in [0.1, 0.15) is 57.6 Å². The van der Waals surface area contributed by atoms with Gasteiger partial charge in [-0.2, -0.15) is 0 Å². The lowest BCUT2D eigenvalue weighted by molar-refractivity contribution is -0.131. The predicted molar refractivity (Wildman–Crippen MR) is 133 cm³/mol. The van der Waals surface area contributed by atoms with E-state index in [-0.39, 0.29) is 24.5 Å². The van der Waals surface area contributed by atoms with Crippen molar-refractivity contribution in [3.63, 3.8) is 0 Å². The monoisotopic (exact) mass is 472 g/mol. The van der Waals surface area contributed by atoms with Gasteiger partial charge in [-0.3, -0.25) is 14.5 Å². The molecule has 188 valence electrons. The molecule has 0 radical (unpaired) electrons. The Balaban J connectivity index is 1.48. The van der Waals surface area contributed by atoms with Gasteiger partial charge in [0.05, 0.1) is 6.54 Å². The maximum Gasteiger partial charge on any atom is 0.410 e. The summed E-state index contributed by atoms with van der Waals surface area (Å²) in [5.41, 5.74) is 2.45. The molecule has 1 heterocycles. The van der Waals surface area contributed by atoms with Crippen molar-refractivity contribution in [1.82, 2.24) is 14.7 Å². The number of anilines is 1. The first-order valence-electron chi connectivity index (χ1n) is 12.4. The van der Waals surface area contributed by atoms with Crippen molar-refractivity contribution in [3.05, 3.63) is 29.3 Å². The molecule has 1 aromatic carbocycles. The summed E-state index contributed by atoms with van der Waals surface area (Å²) in [6.45, 7) is 12.6. The summed E-state index contributed by atoms with van der Waals surface area (Å²) in [7, 11) is 0. The van der Waals surface area contributed by atoms with Gasteiger partial charge in [-0.15, -0.1) is 0 Å². The summed E-state index contributed by atoms with van der Waals surface area (Å²) in [5, 5.41) is 3.03. The maximum absolute atomic E-state index is 12.9. The molecule has 3 rings (SSSR count). The van der Waals surface area contributed by atoms with E-state index in [0.29, 0.717) is 45.2 Å². The summed E-state index contributed by atoms with van der Waals surface area (Å²) in [6.07, 6.45) is 2.92. The van der Waals surface area contributed by atoms with Crippen molar-refractivity contribution in [1.29, 1.82) is 0 Å². The minimum atomic E-state index is -0.532. The van der Waals surface area contributed by atoms with E-state index in [2.05, 4.69) is 10.2 Å². The first-order chi connectivity index (χ1) is 16.0. The lowest BCUT2D eigenvalue weighted by atomic mass is 10.1. The highest BCUT2D eigenvalue weighted by Crippen LogP contribution is 2.27. The lowest BCUT2D eigenvalue weighted by Crippen LogP contribution is -2.41. The molecule has 1 aliphatic carbocycles. The van der Waals surface area contributed by atoms with E-state index in [1.807, 2.05) is 57.7 Å². The van der Waals surface area contributed by atoms with E-state index in [1.165, 1.54) is 0 Å². The Kier molecular flexibility index (Phi) is 8.57. The van der Waals surface area contributed by atoms with Crippen molar-refractivity contribution in [2.45, 2.75) is 71.9 Å². The fourth-order valence-electron chi connectivity index (χ4n) is 4.15. The van der Waals surface area contributed by atoms with Crippen LogP contribution in [0, 0.1) is 13.8 Å². The number of nitrogens with one attached hydrogen (secondary N) is 1. The molecule has 1 aliphatic heterocycles. The van der Waals surface area contributed by atoms with Crippen LogP contribution in [-0.4, -0.2) is 83.5 Å². The molecule has 8 nitrogen and oxygen atoms in total. The number of rotatable bonds is 7.